The second-order valence-electron chi connectivity index (χ2n) is 6.62. The first-order valence-corrected chi connectivity index (χ1v) is 8.47. The van der Waals surface area contributed by atoms with E-state index in [9.17, 15) is 9.18 Å². The quantitative estimate of drug-likeness (QED) is 0.704. The lowest BCUT2D eigenvalue weighted by Crippen LogP contribution is -2.38. The first-order chi connectivity index (χ1) is 12.5. The summed E-state index contributed by atoms with van der Waals surface area (Å²) in [6.45, 7) is 0.412. The third kappa shape index (κ3) is 3.73. The highest BCUT2D eigenvalue weighted by Crippen LogP contribution is 2.24. The number of hydrogen-bond acceptors (Lipinski definition) is 3. The molecule has 1 atom stereocenters. The van der Waals surface area contributed by atoms with Crippen molar-refractivity contribution in [3.05, 3.63) is 77.7 Å². The number of pyridine rings is 1. The zero-order chi connectivity index (χ0) is 18.7. The molecule has 1 heterocycles. The molecule has 0 spiro atoms. The zero-order valence-corrected chi connectivity index (χ0v) is 15.2. The maximum absolute atomic E-state index is 14.2. The van der Waals surface area contributed by atoms with Gasteiger partial charge in [0, 0.05) is 30.7 Å². The van der Waals surface area contributed by atoms with Crippen LogP contribution in [0.3, 0.4) is 0 Å². The van der Waals surface area contributed by atoms with Gasteiger partial charge in [-0.1, -0.05) is 36.4 Å². The molecule has 4 nitrogen and oxygen atoms in total. The summed E-state index contributed by atoms with van der Waals surface area (Å²) in [4.78, 5) is 20.8. The fourth-order valence-corrected chi connectivity index (χ4v) is 3.09. The molecule has 2 aromatic carbocycles. The summed E-state index contributed by atoms with van der Waals surface area (Å²) in [5.41, 5.74) is 2.24. The van der Waals surface area contributed by atoms with Gasteiger partial charge >= 0.3 is 0 Å². The number of fused-ring (bicyclic) bond motifs is 1. The number of aromatic nitrogens is 1. The molecule has 134 valence electrons. The molecule has 0 saturated heterocycles. The maximum Gasteiger partial charge on any atom is 0.244 e. The van der Waals surface area contributed by atoms with Gasteiger partial charge in [-0.3, -0.25) is 14.7 Å². The van der Waals surface area contributed by atoms with E-state index in [1.807, 2.05) is 30.3 Å². The van der Waals surface area contributed by atoms with Gasteiger partial charge in [0.25, 0.3) is 0 Å². The predicted octanol–water partition coefficient (Wildman–Crippen LogP) is 3.64. The summed E-state index contributed by atoms with van der Waals surface area (Å²) in [6, 6.07) is 15.6. The Hall–Kier alpha value is -2.79. The minimum atomic E-state index is -0.672. The van der Waals surface area contributed by atoms with Crippen molar-refractivity contribution in [2.24, 2.45) is 0 Å². The smallest absolute Gasteiger partial charge is 0.244 e. The van der Waals surface area contributed by atoms with Crippen molar-refractivity contribution in [1.82, 2.24) is 14.8 Å². The van der Waals surface area contributed by atoms with Gasteiger partial charge in [0.2, 0.25) is 5.91 Å². The second kappa shape index (κ2) is 7.62. The van der Waals surface area contributed by atoms with E-state index in [0.717, 1.165) is 16.5 Å². The molecule has 3 rings (SSSR count). The van der Waals surface area contributed by atoms with Crippen molar-refractivity contribution < 1.29 is 9.18 Å². The van der Waals surface area contributed by atoms with Gasteiger partial charge in [0.05, 0.1) is 5.52 Å². The largest absolute Gasteiger partial charge is 0.340 e. The Bertz CT molecular complexity index is 926. The van der Waals surface area contributed by atoms with Crippen molar-refractivity contribution >= 4 is 16.8 Å². The number of benzene rings is 2. The number of carbonyl (C=O) groups excluding carboxylic acids is 1. The molecule has 5 heteroatoms. The molecule has 3 aromatic rings. The maximum atomic E-state index is 14.2. The lowest BCUT2D eigenvalue weighted by atomic mass is 10.0. The minimum Gasteiger partial charge on any atom is -0.340 e. The van der Waals surface area contributed by atoms with E-state index in [1.54, 1.807) is 55.3 Å². The van der Waals surface area contributed by atoms with E-state index >= 15 is 0 Å². The van der Waals surface area contributed by atoms with E-state index in [1.165, 1.54) is 6.07 Å². The first-order valence-electron chi connectivity index (χ1n) is 8.47. The fraction of sp³-hybridized carbons (Fsp3) is 0.238. The van der Waals surface area contributed by atoms with Crippen LogP contribution in [0.25, 0.3) is 10.9 Å². The minimum absolute atomic E-state index is 0.159. The van der Waals surface area contributed by atoms with Crippen LogP contribution in [0.5, 0.6) is 0 Å². The molecule has 0 N–H and O–H groups in total. The molecular formula is C21H22FN3O. The Balaban J connectivity index is 1.83. The van der Waals surface area contributed by atoms with E-state index in [0.29, 0.717) is 12.1 Å². The molecule has 0 radical (unpaired) electrons. The van der Waals surface area contributed by atoms with Gasteiger partial charge < -0.3 is 4.90 Å². The number of carbonyl (C=O) groups is 1. The Morgan fingerprint density at radius 2 is 1.77 bits per heavy atom. The third-order valence-electron chi connectivity index (χ3n) is 4.39. The standard InChI is InChI=1S/C21H22FN3O/c1-24(2)20(17-9-5-6-10-18(17)22)21(26)25(3)14-15-12-16-8-4-7-11-19(16)23-13-15/h4-13,20H,14H2,1-3H3/t20-/m1/s1. The van der Waals surface area contributed by atoms with Crippen molar-refractivity contribution in [3.8, 4) is 0 Å². The van der Waals surface area contributed by atoms with Crippen molar-refractivity contribution in [2.45, 2.75) is 12.6 Å². The van der Waals surface area contributed by atoms with Crippen LogP contribution in [0, 0.1) is 5.82 Å². The summed E-state index contributed by atoms with van der Waals surface area (Å²) in [7, 11) is 5.29. The van der Waals surface area contributed by atoms with Gasteiger partial charge in [-0.2, -0.15) is 0 Å². The molecular weight excluding hydrogens is 329 g/mol. The molecule has 0 aliphatic heterocycles. The topological polar surface area (TPSA) is 36.4 Å². The molecule has 0 bridgehead atoms. The lowest BCUT2D eigenvalue weighted by molar-refractivity contribution is -0.135. The number of para-hydroxylation sites is 1. The molecule has 26 heavy (non-hydrogen) atoms. The third-order valence-corrected chi connectivity index (χ3v) is 4.39. The summed E-state index contributed by atoms with van der Waals surface area (Å²) in [5, 5.41) is 1.03. The number of likely N-dealkylation sites (N-methyl/N-ethyl adjacent to an activating group) is 2. The normalized spacial score (nSPS) is 12.3. The zero-order valence-electron chi connectivity index (χ0n) is 15.2. The Morgan fingerprint density at radius 3 is 2.50 bits per heavy atom. The Labute approximate surface area is 152 Å². The number of hydrogen-bond donors (Lipinski definition) is 0. The average Bonchev–Trinajstić information content (AvgIpc) is 2.63. The molecule has 0 aliphatic rings. The van der Waals surface area contributed by atoms with Crippen molar-refractivity contribution in [1.29, 1.82) is 0 Å². The fourth-order valence-electron chi connectivity index (χ4n) is 3.09. The SMILES string of the molecule is CN(Cc1cnc2ccccc2c1)C(=O)[C@@H](c1ccccc1F)N(C)C. The second-order valence-corrected chi connectivity index (χ2v) is 6.62. The van der Waals surface area contributed by atoms with E-state index in [2.05, 4.69) is 4.98 Å². The Morgan fingerprint density at radius 1 is 1.08 bits per heavy atom. The van der Waals surface area contributed by atoms with E-state index in [4.69, 9.17) is 0 Å². The summed E-state index contributed by atoms with van der Waals surface area (Å²) < 4.78 is 14.2. The highest BCUT2D eigenvalue weighted by Gasteiger charge is 2.28. The van der Waals surface area contributed by atoms with Gasteiger partial charge in [-0.25, -0.2) is 4.39 Å². The van der Waals surface area contributed by atoms with Crippen LogP contribution in [-0.2, 0) is 11.3 Å². The molecule has 0 fully saturated rings. The summed E-state index contributed by atoms with van der Waals surface area (Å²) >= 11 is 0. The number of halogens is 1. The number of amides is 1. The average molecular weight is 351 g/mol. The van der Waals surface area contributed by atoms with Gasteiger partial charge in [0.1, 0.15) is 11.9 Å². The monoisotopic (exact) mass is 351 g/mol. The van der Waals surface area contributed by atoms with Crippen LogP contribution in [0.1, 0.15) is 17.2 Å². The number of nitrogens with zero attached hydrogens (tertiary/aromatic N) is 3. The predicted molar refractivity (Wildman–Crippen MR) is 101 cm³/mol. The molecule has 0 saturated carbocycles. The molecule has 0 unspecified atom stereocenters. The van der Waals surface area contributed by atoms with Gasteiger partial charge in [-0.15, -0.1) is 0 Å². The van der Waals surface area contributed by atoms with Gasteiger partial charge in [-0.05, 0) is 37.9 Å². The van der Waals surface area contributed by atoms with Crippen LogP contribution in [0.2, 0.25) is 0 Å². The molecule has 1 aromatic heterocycles. The van der Waals surface area contributed by atoms with E-state index in [-0.39, 0.29) is 11.7 Å². The van der Waals surface area contributed by atoms with Crippen LogP contribution >= 0.6 is 0 Å². The first kappa shape index (κ1) is 18.0. The van der Waals surface area contributed by atoms with Crippen molar-refractivity contribution in [2.75, 3.05) is 21.1 Å². The van der Waals surface area contributed by atoms with Crippen molar-refractivity contribution in [3.63, 3.8) is 0 Å². The van der Waals surface area contributed by atoms with E-state index < -0.39 is 6.04 Å². The highest BCUT2D eigenvalue weighted by molar-refractivity contribution is 5.83. The summed E-state index contributed by atoms with van der Waals surface area (Å²) in [5.74, 6) is -0.534. The van der Waals surface area contributed by atoms with Crippen LogP contribution in [0.15, 0.2) is 60.8 Å². The number of rotatable bonds is 5. The van der Waals surface area contributed by atoms with Crippen LogP contribution in [-0.4, -0.2) is 41.8 Å². The Kier molecular flexibility index (Phi) is 5.28. The van der Waals surface area contributed by atoms with Crippen LogP contribution in [0.4, 0.5) is 4.39 Å². The van der Waals surface area contributed by atoms with Gasteiger partial charge in [0.15, 0.2) is 0 Å². The summed E-state index contributed by atoms with van der Waals surface area (Å²) in [6.07, 6.45) is 1.78. The lowest BCUT2D eigenvalue weighted by Gasteiger charge is -2.29. The highest BCUT2D eigenvalue weighted by atomic mass is 19.1. The molecule has 0 aliphatic carbocycles. The van der Waals surface area contributed by atoms with Crippen LogP contribution < -0.4 is 0 Å². The molecule has 1 amide bonds.